The summed E-state index contributed by atoms with van der Waals surface area (Å²) in [5.41, 5.74) is 1.12. The van der Waals surface area contributed by atoms with Crippen molar-refractivity contribution in [3.63, 3.8) is 0 Å². The molecule has 0 aromatic heterocycles. The summed E-state index contributed by atoms with van der Waals surface area (Å²) in [5.74, 6) is -0.643. The molecule has 0 radical (unpaired) electrons. The lowest BCUT2D eigenvalue weighted by Crippen LogP contribution is -2.15. The van der Waals surface area contributed by atoms with Crippen LogP contribution < -0.4 is 5.32 Å². The van der Waals surface area contributed by atoms with Gasteiger partial charge in [-0.05, 0) is 17.7 Å². The van der Waals surface area contributed by atoms with Crippen LogP contribution in [0.25, 0.3) is 0 Å². The van der Waals surface area contributed by atoms with Crippen molar-refractivity contribution < 1.29 is 9.18 Å². The van der Waals surface area contributed by atoms with E-state index in [4.69, 9.17) is 0 Å². The van der Waals surface area contributed by atoms with E-state index in [0.717, 1.165) is 5.56 Å². The Kier molecular flexibility index (Phi) is 5.33. The quantitative estimate of drug-likeness (QED) is 0.905. The van der Waals surface area contributed by atoms with Crippen LogP contribution in [0.5, 0.6) is 0 Å². The first kappa shape index (κ1) is 14.2. The lowest BCUT2D eigenvalue weighted by molar-refractivity contribution is -0.115. The van der Waals surface area contributed by atoms with Gasteiger partial charge in [-0.15, -0.1) is 12.4 Å². The molecule has 0 aliphatic carbocycles. The fourth-order valence-corrected chi connectivity index (χ4v) is 1.54. The van der Waals surface area contributed by atoms with E-state index >= 15 is 0 Å². The van der Waals surface area contributed by atoms with Gasteiger partial charge in [0.1, 0.15) is 5.82 Å². The number of benzene rings is 2. The molecule has 0 atom stereocenters. The van der Waals surface area contributed by atoms with Crippen LogP contribution in [0, 0.1) is 5.82 Å². The monoisotopic (exact) mass is 265 g/mol. The number of hydrogen-bond acceptors (Lipinski definition) is 1. The van der Waals surface area contributed by atoms with E-state index in [-0.39, 0.29) is 30.4 Å². The maximum atomic E-state index is 13.3. The highest BCUT2D eigenvalue weighted by atomic mass is 35.5. The molecule has 2 aromatic carbocycles. The fourth-order valence-electron chi connectivity index (χ4n) is 1.54. The van der Waals surface area contributed by atoms with Crippen LogP contribution in [-0.2, 0) is 11.2 Å². The molecule has 2 nitrogen and oxygen atoms in total. The van der Waals surface area contributed by atoms with Crippen molar-refractivity contribution in [2.45, 2.75) is 6.42 Å². The van der Waals surface area contributed by atoms with Crippen LogP contribution >= 0.6 is 12.4 Å². The molecule has 1 N–H and O–H groups in total. The summed E-state index contributed by atoms with van der Waals surface area (Å²) in [6.45, 7) is 0. The summed E-state index contributed by atoms with van der Waals surface area (Å²) < 4.78 is 13.3. The van der Waals surface area contributed by atoms with E-state index < -0.39 is 5.82 Å². The Morgan fingerprint density at radius 1 is 1.00 bits per heavy atom. The maximum Gasteiger partial charge on any atom is 0.228 e. The summed E-state index contributed by atoms with van der Waals surface area (Å²) in [4.78, 5) is 11.7. The first-order chi connectivity index (χ1) is 8.25. The third-order valence-corrected chi connectivity index (χ3v) is 2.36. The summed E-state index contributed by atoms with van der Waals surface area (Å²) in [6, 6.07) is 15.5. The second-order valence-electron chi connectivity index (χ2n) is 3.69. The lowest BCUT2D eigenvalue weighted by Gasteiger charge is -2.05. The molecule has 0 saturated carbocycles. The number of halogens is 2. The van der Waals surface area contributed by atoms with E-state index in [1.165, 1.54) is 12.1 Å². The molecule has 0 saturated heterocycles. The number of anilines is 1. The first-order valence-corrected chi connectivity index (χ1v) is 5.34. The minimum atomic E-state index is -0.422. The van der Waals surface area contributed by atoms with Crippen LogP contribution in [0.3, 0.4) is 0 Å². The molecular formula is C14H13ClFNO. The van der Waals surface area contributed by atoms with Gasteiger partial charge in [-0.1, -0.05) is 42.5 Å². The molecule has 0 aliphatic heterocycles. The van der Waals surface area contributed by atoms with E-state index in [1.807, 2.05) is 30.3 Å². The van der Waals surface area contributed by atoms with Gasteiger partial charge in [-0.3, -0.25) is 4.79 Å². The molecule has 0 bridgehead atoms. The number of nitrogens with one attached hydrogen (secondary N) is 1. The third-order valence-electron chi connectivity index (χ3n) is 2.36. The van der Waals surface area contributed by atoms with E-state index in [9.17, 15) is 9.18 Å². The topological polar surface area (TPSA) is 29.1 Å². The number of rotatable bonds is 3. The molecule has 0 aliphatic rings. The Hall–Kier alpha value is -1.87. The van der Waals surface area contributed by atoms with Crippen molar-refractivity contribution >= 4 is 24.0 Å². The van der Waals surface area contributed by atoms with Gasteiger partial charge in [0.2, 0.25) is 5.91 Å². The molecule has 18 heavy (non-hydrogen) atoms. The zero-order valence-electron chi connectivity index (χ0n) is 9.60. The predicted octanol–water partition coefficient (Wildman–Crippen LogP) is 3.43. The van der Waals surface area contributed by atoms with Gasteiger partial charge in [0.15, 0.2) is 0 Å². The van der Waals surface area contributed by atoms with Crippen molar-refractivity contribution in [1.29, 1.82) is 0 Å². The highest BCUT2D eigenvalue weighted by Gasteiger charge is 2.06. The molecule has 2 rings (SSSR count). The van der Waals surface area contributed by atoms with Crippen LogP contribution in [-0.4, -0.2) is 5.91 Å². The summed E-state index contributed by atoms with van der Waals surface area (Å²) in [7, 11) is 0. The predicted molar refractivity (Wildman–Crippen MR) is 72.4 cm³/mol. The van der Waals surface area contributed by atoms with Crippen molar-refractivity contribution in [1.82, 2.24) is 0 Å². The SMILES string of the molecule is Cl.O=C(Cc1ccccc1)Nc1ccccc1F. The summed E-state index contributed by atoms with van der Waals surface area (Å²) in [6.07, 6.45) is 0.245. The highest BCUT2D eigenvalue weighted by Crippen LogP contribution is 2.12. The summed E-state index contributed by atoms with van der Waals surface area (Å²) >= 11 is 0. The molecular weight excluding hydrogens is 253 g/mol. The molecule has 4 heteroatoms. The Balaban J connectivity index is 0.00000162. The minimum absolute atomic E-state index is 0. The van der Waals surface area contributed by atoms with Crippen LogP contribution in [0.1, 0.15) is 5.56 Å². The smallest absolute Gasteiger partial charge is 0.228 e. The van der Waals surface area contributed by atoms with Gasteiger partial charge in [-0.25, -0.2) is 4.39 Å². The number of carbonyl (C=O) groups excluding carboxylic acids is 1. The van der Waals surface area contributed by atoms with Crippen molar-refractivity contribution in [3.05, 3.63) is 66.0 Å². The van der Waals surface area contributed by atoms with E-state index in [1.54, 1.807) is 12.1 Å². The zero-order chi connectivity index (χ0) is 12.1. The first-order valence-electron chi connectivity index (χ1n) is 5.34. The average Bonchev–Trinajstić information content (AvgIpc) is 2.33. The lowest BCUT2D eigenvalue weighted by atomic mass is 10.1. The molecule has 0 spiro atoms. The van der Waals surface area contributed by atoms with Gasteiger partial charge in [0.05, 0.1) is 12.1 Å². The molecule has 2 aromatic rings. The number of amides is 1. The second-order valence-corrected chi connectivity index (χ2v) is 3.69. The molecule has 1 amide bonds. The minimum Gasteiger partial charge on any atom is -0.323 e. The van der Waals surface area contributed by atoms with Gasteiger partial charge in [-0.2, -0.15) is 0 Å². The van der Waals surface area contributed by atoms with Gasteiger partial charge >= 0.3 is 0 Å². The Labute approximate surface area is 111 Å². The zero-order valence-corrected chi connectivity index (χ0v) is 10.4. The van der Waals surface area contributed by atoms with Crippen LogP contribution in [0.4, 0.5) is 10.1 Å². The Morgan fingerprint density at radius 2 is 1.61 bits per heavy atom. The van der Waals surface area contributed by atoms with Crippen LogP contribution in [0.15, 0.2) is 54.6 Å². The normalized spacial score (nSPS) is 9.39. The maximum absolute atomic E-state index is 13.3. The molecule has 0 heterocycles. The highest BCUT2D eigenvalue weighted by molar-refractivity contribution is 5.92. The van der Waals surface area contributed by atoms with Gasteiger partial charge in [0, 0.05) is 0 Å². The van der Waals surface area contributed by atoms with Crippen LogP contribution in [0.2, 0.25) is 0 Å². The molecule has 0 fully saturated rings. The Bertz CT molecular complexity index is 516. The number of hydrogen-bond donors (Lipinski definition) is 1. The second kappa shape index (κ2) is 6.77. The van der Waals surface area contributed by atoms with Gasteiger partial charge in [0.25, 0.3) is 0 Å². The van der Waals surface area contributed by atoms with Crippen molar-refractivity contribution in [3.8, 4) is 0 Å². The molecule has 94 valence electrons. The number of para-hydroxylation sites is 1. The Morgan fingerprint density at radius 3 is 2.28 bits per heavy atom. The largest absolute Gasteiger partial charge is 0.323 e. The fraction of sp³-hybridized carbons (Fsp3) is 0.0714. The summed E-state index contributed by atoms with van der Waals surface area (Å²) in [5, 5.41) is 2.54. The van der Waals surface area contributed by atoms with Crippen molar-refractivity contribution in [2.24, 2.45) is 0 Å². The molecule has 0 unspecified atom stereocenters. The van der Waals surface area contributed by atoms with Gasteiger partial charge < -0.3 is 5.32 Å². The number of carbonyl (C=O) groups is 1. The van der Waals surface area contributed by atoms with E-state index in [0.29, 0.717) is 0 Å². The third kappa shape index (κ3) is 3.86. The average molecular weight is 266 g/mol. The standard InChI is InChI=1S/C14H12FNO.ClH/c15-12-8-4-5-9-13(12)16-14(17)10-11-6-2-1-3-7-11;/h1-9H,10H2,(H,16,17);1H. The van der Waals surface area contributed by atoms with E-state index in [2.05, 4.69) is 5.32 Å². The van der Waals surface area contributed by atoms with Crippen molar-refractivity contribution in [2.75, 3.05) is 5.32 Å².